The molecule has 1 aliphatic heterocycles. The van der Waals surface area contributed by atoms with Crippen LogP contribution in [0, 0.1) is 38.5 Å². The first-order valence-corrected chi connectivity index (χ1v) is 24.1. The lowest BCUT2D eigenvalue weighted by Crippen LogP contribution is -2.50. The molecule has 0 aromatic heterocycles. The number of carboxylic acid groups (broad SMARTS) is 1. The number of esters is 1. The summed E-state index contributed by atoms with van der Waals surface area (Å²) in [5, 5.41) is 19.2. The van der Waals surface area contributed by atoms with Gasteiger partial charge < -0.3 is 47.3 Å². The normalized spacial score (nSPS) is 16.4. The largest absolute Gasteiger partial charge is 0.487 e. The molecule has 1 aliphatic rings. The van der Waals surface area contributed by atoms with Gasteiger partial charge in [-0.05, 0) is 139 Å². The summed E-state index contributed by atoms with van der Waals surface area (Å²) >= 11 is 0. The zero-order valence-corrected chi connectivity index (χ0v) is 40.5. The summed E-state index contributed by atoms with van der Waals surface area (Å²) in [7, 11) is 0. The van der Waals surface area contributed by atoms with Gasteiger partial charge >= 0.3 is 11.9 Å². The summed E-state index contributed by atoms with van der Waals surface area (Å²) in [6, 6.07) is -2.11. The molecule has 364 valence electrons. The SMILES string of the molecule is Cc1c(C)c2c(c(C)c1OC(=O)CCC(=O)N[C@@H](CCCCN)C(=O)NCC(=O)NCC(=O)N[C@H](CCCCN)C(=O)O)CC[C@@](C)(CCC[C@H](C)CCC[C@H](C)CCCC(C)C)O2. The molecule has 2 rings (SSSR count). The fourth-order valence-electron chi connectivity index (χ4n) is 8.35. The molecule has 1 heterocycles. The first-order valence-electron chi connectivity index (χ1n) is 24.1. The predicted octanol–water partition coefficient (Wildman–Crippen LogP) is 6.36. The molecule has 15 heteroatoms. The summed E-state index contributed by atoms with van der Waals surface area (Å²) in [6.07, 6.45) is 15.1. The smallest absolute Gasteiger partial charge is 0.326 e. The second-order valence-electron chi connectivity index (χ2n) is 19.0. The third-order valence-corrected chi connectivity index (χ3v) is 12.7. The van der Waals surface area contributed by atoms with E-state index in [1.54, 1.807) is 0 Å². The molecule has 64 heavy (non-hydrogen) atoms. The van der Waals surface area contributed by atoms with Crippen LogP contribution in [0.2, 0.25) is 0 Å². The number of nitrogens with one attached hydrogen (secondary N) is 4. The standard InChI is InChI=1S/C49H84N6O9/c1-32(2)16-13-17-33(3)18-14-19-34(4)20-15-26-49(8)27-25-38-37(7)45(35(5)36(6)46(38)64-49)63-44(59)24-23-41(56)54-39(21-9-11-28-50)47(60)53-30-42(57)52-31-43(58)55-40(48(61)62)22-10-12-29-51/h32-34,39-40H,9-31,50-51H2,1-8H3,(H,52,57)(H,53,60)(H,54,56)(H,55,58)(H,61,62)/t33-,34-,39+,40-,49-/m1/s1. The number of carboxylic acids is 1. The number of benzene rings is 1. The Morgan fingerprint density at radius 2 is 1.23 bits per heavy atom. The van der Waals surface area contributed by atoms with E-state index in [0.717, 1.165) is 65.5 Å². The van der Waals surface area contributed by atoms with Gasteiger partial charge in [0.2, 0.25) is 23.6 Å². The average molecular weight is 901 g/mol. The van der Waals surface area contributed by atoms with E-state index in [2.05, 4.69) is 55.9 Å². The van der Waals surface area contributed by atoms with Crippen LogP contribution in [0.3, 0.4) is 0 Å². The maximum atomic E-state index is 13.2. The molecular formula is C49H84N6O9. The highest BCUT2D eigenvalue weighted by Gasteiger charge is 2.35. The summed E-state index contributed by atoms with van der Waals surface area (Å²) in [5.74, 6) is -0.663. The quantitative estimate of drug-likeness (QED) is 0.0238. The molecule has 1 aromatic rings. The Kier molecular flexibility index (Phi) is 25.6. The van der Waals surface area contributed by atoms with Gasteiger partial charge in [0.25, 0.3) is 0 Å². The van der Waals surface area contributed by atoms with Crippen molar-refractivity contribution in [3.8, 4) is 11.5 Å². The Labute approximate surface area is 383 Å². The molecule has 0 unspecified atom stereocenters. The van der Waals surface area contributed by atoms with Crippen molar-refractivity contribution in [3.05, 3.63) is 22.3 Å². The van der Waals surface area contributed by atoms with E-state index in [4.69, 9.17) is 20.9 Å². The molecule has 9 N–H and O–H groups in total. The molecule has 0 saturated carbocycles. The molecule has 0 bridgehead atoms. The first-order chi connectivity index (χ1) is 30.3. The highest BCUT2D eigenvalue weighted by molar-refractivity contribution is 5.92. The van der Waals surface area contributed by atoms with Crippen LogP contribution in [0.1, 0.15) is 172 Å². The van der Waals surface area contributed by atoms with Gasteiger partial charge in [-0.15, -0.1) is 0 Å². The van der Waals surface area contributed by atoms with E-state index in [0.29, 0.717) is 50.4 Å². The van der Waals surface area contributed by atoms with Gasteiger partial charge in [0.05, 0.1) is 19.5 Å². The number of carbonyl (C=O) groups excluding carboxylic acids is 5. The first kappa shape index (κ1) is 55.9. The van der Waals surface area contributed by atoms with Crippen LogP contribution in [0.25, 0.3) is 0 Å². The number of hydrogen-bond acceptors (Lipinski definition) is 10. The molecule has 15 nitrogen and oxygen atoms in total. The number of carbonyl (C=O) groups is 6. The number of rotatable bonds is 32. The number of ether oxygens (including phenoxy) is 2. The molecule has 0 fully saturated rings. The fourth-order valence-corrected chi connectivity index (χ4v) is 8.35. The lowest BCUT2D eigenvalue weighted by molar-refractivity contribution is -0.142. The lowest BCUT2D eigenvalue weighted by atomic mass is 9.83. The molecule has 0 saturated heterocycles. The molecule has 0 aliphatic carbocycles. The van der Waals surface area contributed by atoms with Gasteiger partial charge in [-0.3, -0.25) is 24.0 Å². The maximum Gasteiger partial charge on any atom is 0.326 e. The van der Waals surface area contributed by atoms with Gasteiger partial charge in [0, 0.05) is 12.0 Å². The molecular weight excluding hydrogens is 817 g/mol. The van der Waals surface area contributed by atoms with Gasteiger partial charge in [-0.25, -0.2) is 4.79 Å². The third-order valence-electron chi connectivity index (χ3n) is 12.7. The Hall–Kier alpha value is -4.24. The monoisotopic (exact) mass is 901 g/mol. The van der Waals surface area contributed by atoms with Gasteiger partial charge in [0.15, 0.2) is 0 Å². The summed E-state index contributed by atoms with van der Waals surface area (Å²) in [5.41, 5.74) is 14.5. The Morgan fingerprint density at radius 3 is 1.83 bits per heavy atom. The predicted molar refractivity (Wildman–Crippen MR) is 251 cm³/mol. The van der Waals surface area contributed by atoms with Crippen LogP contribution in [0.4, 0.5) is 0 Å². The number of amides is 4. The molecule has 4 amide bonds. The van der Waals surface area contributed by atoms with Crippen LogP contribution in [0.15, 0.2) is 0 Å². The molecule has 0 radical (unpaired) electrons. The van der Waals surface area contributed by atoms with Gasteiger partial charge in [0.1, 0.15) is 29.2 Å². The Morgan fingerprint density at radius 1 is 0.672 bits per heavy atom. The van der Waals surface area contributed by atoms with Gasteiger partial charge in [-0.1, -0.05) is 72.6 Å². The second-order valence-corrected chi connectivity index (χ2v) is 19.0. The van der Waals surface area contributed by atoms with Crippen LogP contribution in [0.5, 0.6) is 11.5 Å². The van der Waals surface area contributed by atoms with E-state index in [1.165, 1.54) is 44.9 Å². The maximum absolute atomic E-state index is 13.2. The minimum absolute atomic E-state index is 0.197. The number of hydrogen-bond donors (Lipinski definition) is 7. The van der Waals surface area contributed by atoms with Crippen LogP contribution >= 0.6 is 0 Å². The van der Waals surface area contributed by atoms with Crippen molar-refractivity contribution in [1.29, 1.82) is 0 Å². The van der Waals surface area contributed by atoms with Crippen molar-refractivity contribution < 1.29 is 43.3 Å². The molecule has 5 atom stereocenters. The van der Waals surface area contributed by atoms with E-state index < -0.39 is 60.7 Å². The topological polar surface area (TPSA) is 241 Å². The van der Waals surface area contributed by atoms with Gasteiger partial charge in [-0.2, -0.15) is 0 Å². The van der Waals surface area contributed by atoms with Crippen molar-refractivity contribution >= 4 is 35.6 Å². The van der Waals surface area contributed by atoms with Crippen molar-refractivity contribution in [2.24, 2.45) is 29.2 Å². The van der Waals surface area contributed by atoms with Crippen LogP contribution < -0.4 is 42.2 Å². The van der Waals surface area contributed by atoms with Crippen molar-refractivity contribution in [1.82, 2.24) is 21.3 Å². The van der Waals surface area contributed by atoms with Crippen molar-refractivity contribution in [3.63, 3.8) is 0 Å². The Balaban J connectivity index is 1.89. The van der Waals surface area contributed by atoms with Crippen LogP contribution in [-0.4, -0.2) is 84.5 Å². The highest BCUT2D eigenvalue weighted by atomic mass is 16.5. The van der Waals surface area contributed by atoms with Crippen molar-refractivity contribution in [2.75, 3.05) is 26.2 Å². The van der Waals surface area contributed by atoms with Crippen molar-refractivity contribution in [2.45, 2.75) is 195 Å². The summed E-state index contributed by atoms with van der Waals surface area (Å²) in [6.45, 7) is 17.3. The Bertz CT molecular complexity index is 1670. The number of nitrogens with two attached hydrogens (primary N) is 2. The molecule has 1 aromatic carbocycles. The number of unbranched alkanes of at least 4 members (excludes halogenated alkanes) is 2. The minimum atomic E-state index is -1.19. The average Bonchev–Trinajstić information content (AvgIpc) is 3.23. The zero-order valence-electron chi connectivity index (χ0n) is 40.5. The number of aliphatic carboxylic acids is 1. The van der Waals surface area contributed by atoms with E-state index in [1.807, 2.05) is 20.8 Å². The van der Waals surface area contributed by atoms with E-state index in [9.17, 15) is 33.9 Å². The lowest BCUT2D eigenvalue weighted by Gasteiger charge is -2.38. The highest BCUT2D eigenvalue weighted by Crippen LogP contribution is 2.45. The minimum Gasteiger partial charge on any atom is -0.487 e. The van der Waals surface area contributed by atoms with E-state index in [-0.39, 0.29) is 31.3 Å². The summed E-state index contributed by atoms with van der Waals surface area (Å²) < 4.78 is 12.7. The fraction of sp³-hybridized carbons (Fsp3) is 0.755. The molecule has 0 spiro atoms. The second kappa shape index (κ2) is 29.3. The van der Waals surface area contributed by atoms with Crippen LogP contribution in [-0.2, 0) is 35.2 Å². The zero-order chi connectivity index (χ0) is 47.8. The van der Waals surface area contributed by atoms with E-state index >= 15 is 0 Å². The third kappa shape index (κ3) is 20.7. The summed E-state index contributed by atoms with van der Waals surface area (Å²) in [4.78, 5) is 75.4. The number of fused-ring (bicyclic) bond motifs is 1.